The molecule has 1 saturated heterocycles. The molecule has 0 radical (unpaired) electrons. The third kappa shape index (κ3) is 5.15. The van der Waals surface area contributed by atoms with Crippen LogP contribution < -0.4 is 10.4 Å². The van der Waals surface area contributed by atoms with Gasteiger partial charge in [0.1, 0.15) is 11.3 Å². The molecular weight excluding hydrogens is 374 g/mol. The van der Waals surface area contributed by atoms with Crippen molar-refractivity contribution in [1.29, 1.82) is 0 Å². The molecule has 1 fully saturated rings. The Balaban J connectivity index is 0.00000225. The van der Waals surface area contributed by atoms with Crippen molar-refractivity contribution in [3.05, 3.63) is 76.6 Å². The quantitative estimate of drug-likeness (QED) is 0.438. The summed E-state index contributed by atoms with van der Waals surface area (Å²) in [7, 11) is 0. The summed E-state index contributed by atoms with van der Waals surface area (Å²) in [6.45, 7) is 4.03. The summed E-state index contributed by atoms with van der Waals surface area (Å²) in [6, 6.07) is 19.7. The number of halogens is 1. The van der Waals surface area contributed by atoms with Crippen LogP contribution in [0.2, 0.25) is 0 Å². The minimum atomic E-state index is -0.335. The second-order valence-electron chi connectivity index (χ2n) is 7.18. The molecule has 2 aromatic carbocycles. The van der Waals surface area contributed by atoms with Crippen molar-refractivity contribution in [1.82, 2.24) is 4.90 Å². The second-order valence-corrected chi connectivity index (χ2v) is 7.18. The van der Waals surface area contributed by atoms with E-state index < -0.39 is 0 Å². The molecule has 0 atom stereocenters. The number of rotatable bonds is 6. The van der Waals surface area contributed by atoms with Gasteiger partial charge in [0.15, 0.2) is 0 Å². The third-order valence-electron chi connectivity index (χ3n) is 5.34. The van der Waals surface area contributed by atoms with E-state index in [1.165, 1.54) is 24.5 Å². The molecule has 0 saturated carbocycles. The smallest absolute Gasteiger partial charge is 0.336 e. The molecule has 0 spiro atoms. The Kier molecular flexibility index (Phi) is 7.12. The van der Waals surface area contributed by atoms with E-state index in [2.05, 4.69) is 35.2 Å². The van der Waals surface area contributed by atoms with Gasteiger partial charge in [-0.2, -0.15) is 0 Å². The maximum absolute atomic E-state index is 11.3. The number of piperidine rings is 1. The van der Waals surface area contributed by atoms with E-state index in [0.717, 1.165) is 37.2 Å². The van der Waals surface area contributed by atoms with Gasteiger partial charge in [0.25, 0.3) is 0 Å². The van der Waals surface area contributed by atoms with Gasteiger partial charge in [-0.05, 0) is 62.0 Å². The summed E-state index contributed by atoms with van der Waals surface area (Å²) in [4.78, 5) is 13.9. The summed E-state index contributed by atoms with van der Waals surface area (Å²) < 4.78 is 11.1. The predicted molar refractivity (Wildman–Crippen MR) is 115 cm³/mol. The molecule has 1 aliphatic rings. The van der Waals surface area contributed by atoms with Crippen LogP contribution in [0.15, 0.2) is 69.9 Å². The van der Waals surface area contributed by atoms with Crippen LogP contribution in [-0.4, -0.2) is 31.1 Å². The summed E-state index contributed by atoms with van der Waals surface area (Å²) in [6.07, 6.45) is 3.45. The molecule has 28 heavy (non-hydrogen) atoms. The lowest BCUT2D eigenvalue weighted by molar-refractivity contribution is 0.193. The lowest BCUT2D eigenvalue weighted by atomic mass is 9.89. The largest absolute Gasteiger partial charge is 0.493 e. The van der Waals surface area contributed by atoms with Crippen LogP contribution >= 0.6 is 12.4 Å². The van der Waals surface area contributed by atoms with Crippen LogP contribution in [0, 0.1) is 0 Å². The highest BCUT2D eigenvalue weighted by Gasteiger charge is 2.19. The summed E-state index contributed by atoms with van der Waals surface area (Å²) in [5.41, 5.74) is 1.71. The summed E-state index contributed by atoms with van der Waals surface area (Å²) >= 11 is 0. The van der Waals surface area contributed by atoms with E-state index in [1.807, 2.05) is 12.1 Å². The molecule has 0 aliphatic carbocycles. The number of benzene rings is 2. The Hall–Kier alpha value is -2.30. The maximum atomic E-state index is 11.3. The molecule has 1 aromatic heterocycles. The maximum Gasteiger partial charge on any atom is 0.336 e. The molecule has 1 aliphatic heterocycles. The fourth-order valence-corrected chi connectivity index (χ4v) is 3.82. The van der Waals surface area contributed by atoms with Crippen molar-refractivity contribution in [2.24, 2.45) is 0 Å². The van der Waals surface area contributed by atoms with Crippen LogP contribution in [0.4, 0.5) is 0 Å². The summed E-state index contributed by atoms with van der Waals surface area (Å²) in [5, 5.41) is 0.906. The predicted octanol–water partition coefficient (Wildman–Crippen LogP) is 4.86. The standard InChI is InChI=1S/C23H25NO3.ClH/c25-23-10-8-20-7-9-21(17-22(20)27-23)26-16-4-13-24-14-11-19(12-15-24)18-5-2-1-3-6-18;/h1-3,5-10,17,19H,4,11-16H2;1H. The average Bonchev–Trinajstić information content (AvgIpc) is 2.72. The highest BCUT2D eigenvalue weighted by atomic mass is 35.5. The Morgan fingerprint density at radius 3 is 2.54 bits per heavy atom. The first kappa shape index (κ1) is 20.4. The molecule has 148 valence electrons. The first-order chi connectivity index (χ1) is 13.3. The van der Waals surface area contributed by atoms with Gasteiger partial charge in [-0.25, -0.2) is 4.79 Å². The van der Waals surface area contributed by atoms with Gasteiger partial charge in [-0.3, -0.25) is 0 Å². The summed E-state index contributed by atoms with van der Waals surface area (Å²) in [5.74, 6) is 1.45. The Bertz CT molecular complexity index is 933. The van der Waals surface area contributed by atoms with E-state index in [0.29, 0.717) is 18.1 Å². The van der Waals surface area contributed by atoms with Gasteiger partial charge >= 0.3 is 5.63 Å². The van der Waals surface area contributed by atoms with Crippen LogP contribution in [0.25, 0.3) is 11.0 Å². The van der Waals surface area contributed by atoms with Crippen LogP contribution in [0.5, 0.6) is 5.75 Å². The molecule has 4 rings (SSSR count). The van der Waals surface area contributed by atoms with Crippen molar-refractivity contribution in [2.75, 3.05) is 26.2 Å². The van der Waals surface area contributed by atoms with E-state index in [-0.39, 0.29) is 18.0 Å². The van der Waals surface area contributed by atoms with Crippen molar-refractivity contribution >= 4 is 23.4 Å². The lowest BCUT2D eigenvalue weighted by Crippen LogP contribution is -2.34. The van der Waals surface area contributed by atoms with Gasteiger partial charge in [-0.1, -0.05) is 30.3 Å². The number of nitrogens with zero attached hydrogens (tertiary/aromatic N) is 1. The molecule has 0 N–H and O–H groups in total. The fraction of sp³-hybridized carbons (Fsp3) is 0.348. The van der Waals surface area contributed by atoms with Crippen LogP contribution in [0.3, 0.4) is 0 Å². The molecular formula is C23H26ClNO3. The zero-order valence-corrected chi connectivity index (χ0v) is 16.7. The molecule has 0 amide bonds. The highest BCUT2D eigenvalue weighted by Crippen LogP contribution is 2.27. The van der Waals surface area contributed by atoms with E-state index in [9.17, 15) is 4.79 Å². The van der Waals surface area contributed by atoms with Gasteiger partial charge in [0.2, 0.25) is 0 Å². The fourth-order valence-electron chi connectivity index (χ4n) is 3.82. The van der Waals surface area contributed by atoms with Gasteiger partial charge in [-0.15, -0.1) is 12.4 Å². The average molecular weight is 400 g/mol. The topological polar surface area (TPSA) is 42.7 Å². The van der Waals surface area contributed by atoms with Gasteiger partial charge in [0, 0.05) is 24.1 Å². The molecule has 0 bridgehead atoms. The van der Waals surface area contributed by atoms with Crippen molar-refractivity contribution in [3.8, 4) is 5.75 Å². The first-order valence-corrected chi connectivity index (χ1v) is 9.72. The number of hydrogen-bond acceptors (Lipinski definition) is 4. The monoisotopic (exact) mass is 399 g/mol. The van der Waals surface area contributed by atoms with Crippen molar-refractivity contribution < 1.29 is 9.15 Å². The first-order valence-electron chi connectivity index (χ1n) is 9.72. The zero-order chi connectivity index (χ0) is 18.5. The van der Waals surface area contributed by atoms with Gasteiger partial charge in [0.05, 0.1) is 6.61 Å². The van der Waals surface area contributed by atoms with Crippen LogP contribution in [0.1, 0.15) is 30.7 Å². The van der Waals surface area contributed by atoms with Gasteiger partial charge < -0.3 is 14.1 Å². The second kappa shape index (κ2) is 9.76. The molecule has 4 nitrogen and oxygen atoms in total. The third-order valence-corrected chi connectivity index (χ3v) is 5.34. The minimum Gasteiger partial charge on any atom is -0.493 e. The van der Waals surface area contributed by atoms with Crippen molar-refractivity contribution in [2.45, 2.75) is 25.2 Å². The lowest BCUT2D eigenvalue weighted by Gasteiger charge is -2.32. The Morgan fingerprint density at radius 2 is 1.75 bits per heavy atom. The zero-order valence-electron chi connectivity index (χ0n) is 15.9. The normalized spacial score (nSPS) is 15.3. The van der Waals surface area contributed by atoms with E-state index in [4.69, 9.17) is 9.15 Å². The van der Waals surface area contributed by atoms with E-state index >= 15 is 0 Å². The minimum absolute atomic E-state index is 0. The number of likely N-dealkylation sites (tertiary alicyclic amines) is 1. The van der Waals surface area contributed by atoms with E-state index in [1.54, 1.807) is 12.1 Å². The Morgan fingerprint density at radius 1 is 1.00 bits per heavy atom. The molecule has 3 aromatic rings. The molecule has 2 heterocycles. The number of ether oxygens (including phenoxy) is 1. The SMILES string of the molecule is Cl.O=c1ccc2ccc(OCCCN3CCC(c4ccccc4)CC3)cc2o1. The highest BCUT2D eigenvalue weighted by molar-refractivity contribution is 5.85. The number of fused-ring (bicyclic) bond motifs is 1. The Labute approximate surface area is 171 Å². The number of hydrogen-bond donors (Lipinski definition) is 0. The van der Waals surface area contributed by atoms with Crippen LogP contribution in [-0.2, 0) is 0 Å². The molecule has 5 heteroatoms. The van der Waals surface area contributed by atoms with Crippen molar-refractivity contribution in [3.63, 3.8) is 0 Å². The molecule has 0 unspecified atom stereocenters.